The molecule has 0 saturated carbocycles. The Bertz CT molecular complexity index is 969. The van der Waals surface area contributed by atoms with Crippen LogP contribution in [0.4, 0.5) is 18.3 Å². The SMILES string of the molecule is COc1ccc(-c2nc(NC(=O)c3cccnc3C(F)(F)F)sc2C)cc1. The molecule has 0 aliphatic rings. The number of rotatable bonds is 4. The Kier molecular flexibility index (Phi) is 5.13. The number of nitrogens with zero attached hydrogens (tertiary/aromatic N) is 2. The third-order valence-corrected chi connectivity index (χ3v) is 4.59. The molecule has 0 fully saturated rings. The Morgan fingerprint density at radius 3 is 2.52 bits per heavy atom. The number of anilines is 1. The maximum atomic E-state index is 13.0. The average Bonchev–Trinajstić information content (AvgIpc) is 3.01. The van der Waals surface area contributed by atoms with Gasteiger partial charge in [-0.3, -0.25) is 15.1 Å². The zero-order valence-electron chi connectivity index (χ0n) is 14.3. The second kappa shape index (κ2) is 7.36. The summed E-state index contributed by atoms with van der Waals surface area (Å²) in [6.45, 7) is 1.82. The molecule has 3 rings (SSSR count). The summed E-state index contributed by atoms with van der Waals surface area (Å²) >= 11 is 1.18. The van der Waals surface area contributed by atoms with E-state index in [1.807, 2.05) is 19.1 Å². The van der Waals surface area contributed by atoms with Crippen molar-refractivity contribution < 1.29 is 22.7 Å². The Hall–Kier alpha value is -2.94. The van der Waals surface area contributed by atoms with Crippen LogP contribution in [0.15, 0.2) is 42.6 Å². The van der Waals surface area contributed by atoms with Crippen molar-refractivity contribution in [3.63, 3.8) is 0 Å². The lowest BCUT2D eigenvalue weighted by Gasteiger charge is -2.10. The number of benzene rings is 1. The van der Waals surface area contributed by atoms with Crippen molar-refractivity contribution in [1.29, 1.82) is 0 Å². The Morgan fingerprint density at radius 1 is 1.19 bits per heavy atom. The lowest BCUT2D eigenvalue weighted by molar-refractivity contribution is -0.141. The number of pyridine rings is 1. The number of carbonyl (C=O) groups is 1. The van der Waals surface area contributed by atoms with Crippen molar-refractivity contribution in [2.24, 2.45) is 0 Å². The van der Waals surface area contributed by atoms with Crippen LogP contribution < -0.4 is 10.1 Å². The number of hydrogen-bond acceptors (Lipinski definition) is 5. The van der Waals surface area contributed by atoms with Crippen molar-refractivity contribution in [1.82, 2.24) is 9.97 Å². The van der Waals surface area contributed by atoms with E-state index in [-0.39, 0.29) is 5.13 Å². The fourth-order valence-electron chi connectivity index (χ4n) is 2.45. The molecule has 0 atom stereocenters. The normalized spacial score (nSPS) is 11.3. The van der Waals surface area contributed by atoms with Crippen LogP contribution in [0.3, 0.4) is 0 Å². The highest BCUT2D eigenvalue weighted by Crippen LogP contribution is 2.33. The molecular weight excluding hydrogens is 379 g/mol. The molecule has 2 heterocycles. The Morgan fingerprint density at radius 2 is 1.89 bits per heavy atom. The highest BCUT2D eigenvalue weighted by Gasteiger charge is 2.37. The molecule has 0 spiro atoms. The second-order valence-electron chi connectivity index (χ2n) is 5.50. The molecular formula is C18H14F3N3O2S. The van der Waals surface area contributed by atoms with Crippen LogP contribution >= 0.6 is 11.3 Å². The van der Waals surface area contributed by atoms with Crippen LogP contribution in [-0.4, -0.2) is 23.0 Å². The van der Waals surface area contributed by atoms with Crippen LogP contribution in [0.2, 0.25) is 0 Å². The molecule has 0 unspecified atom stereocenters. The highest BCUT2D eigenvalue weighted by molar-refractivity contribution is 7.16. The predicted molar refractivity (Wildman–Crippen MR) is 96.0 cm³/mol. The third kappa shape index (κ3) is 4.08. The topological polar surface area (TPSA) is 64.1 Å². The number of alkyl halides is 3. The summed E-state index contributed by atoms with van der Waals surface area (Å²) < 4.78 is 44.2. The molecule has 0 saturated heterocycles. The van der Waals surface area contributed by atoms with Gasteiger partial charge in [0.05, 0.1) is 18.4 Å². The molecule has 1 aromatic carbocycles. The molecule has 0 radical (unpaired) electrons. The van der Waals surface area contributed by atoms with Gasteiger partial charge >= 0.3 is 6.18 Å². The van der Waals surface area contributed by atoms with E-state index in [0.717, 1.165) is 22.7 Å². The van der Waals surface area contributed by atoms with Gasteiger partial charge in [-0.25, -0.2) is 4.98 Å². The number of hydrogen-bond donors (Lipinski definition) is 1. The van der Waals surface area contributed by atoms with Gasteiger partial charge < -0.3 is 4.74 Å². The minimum atomic E-state index is -4.72. The number of halogens is 3. The van der Waals surface area contributed by atoms with E-state index >= 15 is 0 Å². The first-order valence-electron chi connectivity index (χ1n) is 7.75. The van der Waals surface area contributed by atoms with Gasteiger partial charge in [0.25, 0.3) is 5.91 Å². The third-order valence-electron chi connectivity index (χ3n) is 3.70. The molecule has 3 aromatic rings. The average molecular weight is 393 g/mol. The predicted octanol–water partition coefficient (Wildman–Crippen LogP) is 4.79. The van der Waals surface area contributed by atoms with Crippen LogP contribution in [0.5, 0.6) is 5.75 Å². The Labute approximate surface area is 156 Å². The standard InChI is InChI=1S/C18H14F3N3O2S/c1-10-14(11-5-7-12(26-2)8-6-11)23-17(27-10)24-16(25)13-4-3-9-22-15(13)18(19,20)21/h3-9H,1-2H3,(H,23,24,25). The highest BCUT2D eigenvalue weighted by atomic mass is 32.1. The summed E-state index contributed by atoms with van der Waals surface area (Å²) in [5, 5.41) is 2.64. The zero-order valence-corrected chi connectivity index (χ0v) is 15.1. The van der Waals surface area contributed by atoms with Gasteiger partial charge in [0.1, 0.15) is 5.75 Å². The monoisotopic (exact) mass is 393 g/mol. The van der Waals surface area contributed by atoms with E-state index in [2.05, 4.69) is 15.3 Å². The molecule has 0 aliphatic carbocycles. The zero-order chi connectivity index (χ0) is 19.6. The number of ether oxygens (including phenoxy) is 1. The number of thiazole rings is 1. The molecule has 0 aliphatic heterocycles. The van der Waals surface area contributed by atoms with Crippen molar-refractivity contribution >= 4 is 22.4 Å². The van der Waals surface area contributed by atoms with E-state index < -0.39 is 23.3 Å². The molecule has 140 valence electrons. The first kappa shape index (κ1) is 18.8. The van der Waals surface area contributed by atoms with Crippen LogP contribution in [0.1, 0.15) is 20.9 Å². The summed E-state index contributed by atoms with van der Waals surface area (Å²) in [6, 6.07) is 9.54. The van der Waals surface area contributed by atoms with Crippen molar-refractivity contribution in [2.75, 3.05) is 12.4 Å². The van der Waals surface area contributed by atoms with Gasteiger partial charge in [-0.05, 0) is 43.3 Å². The van der Waals surface area contributed by atoms with Crippen molar-refractivity contribution in [2.45, 2.75) is 13.1 Å². The summed E-state index contributed by atoms with van der Waals surface area (Å²) in [4.78, 5) is 20.8. The first-order valence-corrected chi connectivity index (χ1v) is 8.56. The van der Waals surface area contributed by atoms with Crippen molar-refractivity contribution in [3.8, 4) is 17.0 Å². The largest absolute Gasteiger partial charge is 0.497 e. The number of aromatic nitrogens is 2. The molecule has 1 N–H and O–H groups in total. The van der Waals surface area contributed by atoms with E-state index in [0.29, 0.717) is 11.4 Å². The quantitative estimate of drug-likeness (QED) is 0.692. The molecule has 27 heavy (non-hydrogen) atoms. The smallest absolute Gasteiger partial charge is 0.434 e. The number of amides is 1. The van der Waals surface area contributed by atoms with Crippen LogP contribution in [0, 0.1) is 6.92 Å². The van der Waals surface area contributed by atoms with Crippen LogP contribution in [-0.2, 0) is 6.18 Å². The van der Waals surface area contributed by atoms with Crippen molar-refractivity contribution in [3.05, 3.63) is 58.7 Å². The first-order chi connectivity index (χ1) is 12.8. The molecule has 0 bridgehead atoms. The summed E-state index contributed by atoms with van der Waals surface area (Å²) in [7, 11) is 1.56. The number of aryl methyl sites for hydroxylation is 1. The Balaban J connectivity index is 1.86. The maximum absolute atomic E-state index is 13.0. The fraction of sp³-hybridized carbons (Fsp3) is 0.167. The van der Waals surface area contributed by atoms with Gasteiger partial charge in [-0.1, -0.05) is 0 Å². The fourth-order valence-corrected chi connectivity index (χ4v) is 3.28. The summed E-state index contributed by atoms with van der Waals surface area (Å²) in [6.07, 6.45) is -3.73. The van der Waals surface area contributed by atoms with Gasteiger partial charge in [0.15, 0.2) is 10.8 Å². The molecule has 5 nitrogen and oxygen atoms in total. The van der Waals surface area contributed by atoms with Gasteiger partial charge in [0, 0.05) is 16.6 Å². The minimum absolute atomic E-state index is 0.209. The second-order valence-corrected chi connectivity index (χ2v) is 6.71. The van der Waals surface area contributed by atoms with E-state index in [1.165, 1.54) is 17.4 Å². The van der Waals surface area contributed by atoms with E-state index in [4.69, 9.17) is 4.74 Å². The molecule has 9 heteroatoms. The van der Waals surface area contributed by atoms with E-state index in [1.54, 1.807) is 19.2 Å². The minimum Gasteiger partial charge on any atom is -0.497 e. The van der Waals surface area contributed by atoms with Gasteiger partial charge in [0.2, 0.25) is 0 Å². The maximum Gasteiger partial charge on any atom is 0.434 e. The van der Waals surface area contributed by atoms with Crippen LogP contribution in [0.25, 0.3) is 11.3 Å². The summed E-state index contributed by atoms with van der Waals surface area (Å²) in [5.74, 6) is -0.220. The van der Waals surface area contributed by atoms with Gasteiger partial charge in [-0.15, -0.1) is 11.3 Å². The molecule has 1 amide bonds. The summed E-state index contributed by atoms with van der Waals surface area (Å²) in [5.41, 5.74) is -0.336. The lowest BCUT2D eigenvalue weighted by atomic mass is 10.1. The number of methoxy groups -OCH3 is 1. The number of carbonyl (C=O) groups excluding carboxylic acids is 1. The van der Waals surface area contributed by atoms with Gasteiger partial charge in [-0.2, -0.15) is 13.2 Å². The molecule has 2 aromatic heterocycles. The lowest BCUT2D eigenvalue weighted by Crippen LogP contribution is -2.20. The van der Waals surface area contributed by atoms with E-state index in [9.17, 15) is 18.0 Å². The number of nitrogens with one attached hydrogen (secondary N) is 1.